The number of hydrogen-bond acceptors (Lipinski definition) is 4. The molecule has 0 aliphatic rings. The van der Waals surface area contributed by atoms with Crippen molar-refractivity contribution in [2.24, 2.45) is 0 Å². The van der Waals surface area contributed by atoms with Gasteiger partial charge in [-0.05, 0) is 55.2 Å². The first-order chi connectivity index (χ1) is 12.1. The molecule has 0 aliphatic heterocycles. The highest BCUT2D eigenvalue weighted by Gasteiger charge is 2.09. The van der Waals surface area contributed by atoms with Crippen LogP contribution in [0.2, 0.25) is 0 Å². The molecular formula is C18H16FN3O3. The van der Waals surface area contributed by atoms with Crippen molar-refractivity contribution in [2.75, 3.05) is 0 Å². The second-order valence-electron chi connectivity index (χ2n) is 5.67. The average Bonchev–Trinajstić information content (AvgIpc) is 2.62. The molecule has 0 radical (unpaired) electrons. The lowest BCUT2D eigenvalue weighted by Gasteiger charge is -2.05. The van der Waals surface area contributed by atoms with Gasteiger partial charge in [-0.1, -0.05) is 12.1 Å². The molecule has 3 rings (SSSR count). The molecule has 0 atom stereocenters. The number of carbonyl (C=O) groups is 1. The molecule has 3 aromatic rings. The number of aryl methyl sites for hydroxylation is 2. The third-order valence-corrected chi connectivity index (χ3v) is 3.92. The van der Waals surface area contributed by atoms with Gasteiger partial charge in [-0.25, -0.2) is 14.9 Å². The van der Waals surface area contributed by atoms with Gasteiger partial charge in [-0.3, -0.25) is 14.8 Å². The van der Waals surface area contributed by atoms with Gasteiger partial charge in [0.25, 0.3) is 11.5 Å². The molecule has 6 nitrogen and oxygen atoms in total. The maximum Gasteiger partial charge on any atom is 0.274 e. The molecule has 0 spiro atoms. The number of rotatable bonds is 5. The first kappa shape index (κ1) is 16.8. The van der Waals surface area contributed by atoms with Crippen LogP contribution in [0.1, 0.15) is 28.0 Å². The lowest BCUT2D eigenvalue weighted by Crippen LogP contribution is -2.19. The smallest absolute Gasteiger partial charge is 0.274 e. The van der Waals surface area contributed by atoms with Gasteiger partial charge in [-0.15, -0.1) is 0 Å². The normalized spacial score (nSPS) is 10.8. The summed E-state index contributed by atoms with van der Waals surface area (Å²) >= 11 is 0. The van der Waals surface area contributed by atoms with Crippen LogP contribution in [-0.2, 0) is 12.8 Å². The second-order valence-corrected chi connectivity index (χ2v) is 5.67. The van der Waals surface area contributed by atoms with E-state index >= 15 is 0 Å². The zero-order chi connectivity index (χ0) is 17.8. The highest BCUT2D eigenvalue weighted by molar-refractivity contribution is 5.96. The number of H-pyrrole nitrogens is 1. The number of amides is 1. The number of hydrogen-bond donors (Lipinski definition) is 3. The molecule has 1 amide bonds. The van der Waals surface area contributed by atoms with E-state index in [9.17, 15) is 14.0 Å². The van der Waals surface area contributed by atoms with Gasteiger partial charge in [0.05, 0.1) is 11.0 Å². The summed E-state index contributed by atoms with van der Waals surface area (Å²) in [6.07, 6.45) is 1.84. The number of benzene rings is 2. The molecule has 0 saturated heterocycles. The first-order valence-electron chi connectivity index (χ1n) is 7.78. The van der Waals surface area contributed by atoms with Crippen LogP contribution >= 0.6 is 0 Å². The van der Waals surface area contributed by atoms with Gasteiger partial charge in [0, 0.05) is 5.56 Å². The Hall–Kier alpha value is -3.06. The number of halogens is 1. The Morgan fingerprint density at radius 2 is 1.92 bits per heavy atom. The third kappa shape index (κ3) is 3.89. The fourth-order valence-corrected chi connectivity index (χ4v) is 2.61. The first-order valence-corrected chi connectivity index (χ1v) is 7.78. The summed E-state index contributed by atoms with van der Waals surface area (Å²) in [4.78, 5) is 30.7. The van der Waals surface area contributed by atoms with E-state index in [1.165, 1.54) is 24.3 Å². The number of aromatic amines is 1. The second kappa shape index (κ2) is 7.23. The minimum absolute atomic E-state index is 0.242. The van der Waals surface area contributed by atoms with Gasteiger partial charge >= 0.3 is 0 Å². The molecule has 1 aromatic heterocycles. The van der Waals surface area contributed by atoms with Crippen LogP contribution in [0.5, 0.6) is 0 Å². The van der Waals surface area contributed by atoms with Crippen molar-refractivity contribution in [1.82, 2.24) is 15.4 Å². The van der Waals surface area contributed by atoms with E-state index in [2.05, 4.69) is 9.97 Å². The van der Waals surface area contributed by atoms with Gasteiger partial charge in [0.2, 0.25) is 0 Å². The SMILES string of the molecule is O=C(NO)c1ccc2[nH]c(=O)c(CCCc3ccc(F)cc3)nc2c1. The number of carbonyl (C=O) groups excluding carboxylic acids is 1. The van der Waals surface area contributed by atoms with Gasteiger partial charge in [0.1, 0.15) is 11.5 Å². The molecule has 0 aliphatic carbocycles. The maximum absolute atomic E-state index is 12.9. The van der Waals surface area contributed by atoms with Crippen molar-refractivity contribution >= 4 is 16.9 Å². The van der Waals surface area contributed by atoms with Crippen LogP contribution in [0.3, 0.4) is 0 Å². The van der Waals surface area contributed by atoms with E-state index in [-0.39, 0.29) is 16.9 Å². The monoisotopic (exact) mass is 341 g/mol. The molecule has 0 saturated carbocycles. The Balaban J connectivity index is 1.78. The van der Waals surface area contributed by atoms with Crippen molar-refractivity contribution in [3.63, 3.8) is 0 Å². The molecule has 2 aromatic carbocycles. The summed E-state index contributed by atoms with van der Waals surface area (Å²) < 4.78 is 12.9. The van der Waals surface area contributed by atoms with Crippen molar-refractivity contribution in [2.45, 2.75) is 19.3 Å². The quantitative estimate of drug-likeness (QED) is 0.490. The molecule has 1 heterocycles. The third-order valence-electron chi connectivity index (χ3n) is 3.92. The summed E-state index contributed by atoms with van der Waals surface area (Å²) in [7, 11) is 0. The Labute approximate surface area is 142 Å². The predicted octanol–water partition coefficient (Wildman–Crippen LogP) is 2.36. The lowest BCUT2D eigenvalue weighted by atomic mass is 10.1. The van der Waals surface area contributed by atoms with Crippen molar-refractivity contribution in [1.29, 1.82) is 0 Å². The van der Waals surface area contributed by atoms with E-state index < -0.39 is 5.91 Å². The van der Waals surface area contributed by atoms with Crippen molar-refractivity contribution in [3.05, 3.63) is 75.5 Å². The fraction of sp³-hybridized carbons (Fsp3) is 0.167. The van der Waals surface area contributed by atoms with Gasteiger partial charge in [-0.2, -0.15) is 0 Å². The van der Waals surface area contributed by atoms with Gasteiger partial charge in [0.15, 0.2) is 0 Å². The average molecular weight is 341 g/mol. The summed E-state index contributed by atoms with van der Waals surface area (Å²) in [5, 5.41) is 8.70. The molecule has 7 heteroatoms. The van der Waals surface area contributed by atoms with E-state index in [0.29, 0.717) is 36.0 Å². The Bertz CT molecular complexity index is 967. The maximum atomic E-state index is 12.9. The van der Waals surface area contributed by atoms with E-state index in [1.54, 1.807) is 23.7 Å². The minimum atomic E-state index is -0.646. The van der Waals surface area contributed by atoms with Gasteiger partial charge < -0.3 is 4.98 Å². The minimum Gasteiger partial charge on any atom is -0.319 e. The van der Waals surface area contributed by atoms with E-state index in [0.717, 1.165) is 5.56 Å². The molecule has 0 bridgehead atoms. The number of hydroxylamine groups is 1. The standard InChI is InChI=1S/C18H16FN3O3/c19-13-7-4-11(5-8-13)2-1-3-15-18(24)21-14-9-6-12(17(23)22-25)10-16(14)20-15/h4-10,25H,1-3H2,(H,21,24)(H,22,23). The number of aromatic nitrogens is 2. The zero-order valence-corrected chi connectivity index (χ0v) is 13.3. The van der Waals surface area contributed by atoms with Crippen LogP contribution in [0.25, 0.3) is 11.0 Å². The van der Waals surface area contributed by atoms with Crippen LogP contribution < -0.4 is 11.0 Å². The van der Waals surface area contributed by atoms with Crippen LogP contribution in [0, 0.1) is 5.82 Å². The highest BCUT2D eigenvalue weighted by atomic mass is 19.1. The number of nitrogens with one attached hydrogen (secondary N) is 2. The fourth-order valence-electron chi connectivity index (χ4n) is 2.61. The van der Waals surface area contributed by atoms with Crippen LogP contribution in [0.15, 0.2) is 47.3 Å². The van der Waals surface area contributed by atoms with Crippen LogP contribution in [0.4, 0.5) is 4.39 Å². The Morgan fingerprint density at radius 3 is 2.64 bits per heavy atom. The lowest BCUT2D eigenvalue weighted by molar-refractivity contribution is 0.0706. The highest BCUT2D eigenvalue weighted by Crippen LogP contribution is 2.12. The van der Waals surface area contributed by atoms with Crippen LogP contribution in [-0.4, -0.2) is 21.1 Å². The summed E-state index contributed by atoms with van der Waals surface area (Å²) in [5.74, 6) is -0.924. The molecule has 128 valence electrons. The number of fused-ring (bicyclic) bond motifs is 1. The van der Waals surface area contributed by atoms with Crippen molar-refractivity contribution in [3.8, 4) is 0 Å². The summed E-state index contributed by atoms with van der Waals surface area (Å²) in [6.45, 7) is 0. The molecule has 0 fully saturated rings. The molecule has 25 heavy (non-hydrogen) atoms. The Kier molecular flexibility index (Phi) is 4.85. The summed E-state index contributed by atoms with van der Waals surface area (Å²) in [5.41, 5.74) is 3.88. The number of nitrogens with zero attached hydrogens (tertiary/aromatic N) is 1. The summed E-state index contributed by atoms with van der Waals surface area (Å²) in [6, 6.07) is 10.8. The van der Waals surface area contributed by atoms with Crippen molar-refractivity contribution < 1.29 is 14.4 Å². The molecular weight excluding hydrogens is 325 g/mol. The Morgan fingerprint density at radius 1 is 1.16 bits per heavy atom. The van der Waals surface area contributed by atoms with E-state index in [1.807, 2.05) is 0 Å². The van der Waals surface area contributed by atoms with E-state index in [4.69, 9.17) is 5.21 Å². The largest absolute Gasteiger partial charge is 0.319 e. The molecule has 0 unspecified atom stereocenters. The topological polar surface area (TPSA) is 95.1 Å². The predicted molar refractivity (Wildman–Crippen MR) is 90.0 cm³/mol. The molecule has 3 N–H and O–H groups in total. The zero-order valence-electron chi connectivity index (χ0n) is 13.3.